The summed E-state index contributed by atoms with van der Waals surface area (Å²) in [5, 5.41) is 10.4. The highest BCUT2D eigenvalue weighted by molar-refractivity contribution is 7.89. The number of ether oxygens (including phenoxy) is 1. The predicted octanol–water partition coefficient (Wildman–Crippen LogP) is 3.76. The van der Waals surface area contributed by atoms with Crippen LogP contribution in [0.15, 0.2) is 53.6 Å². The second-order valence-corrected chi connectivity index (χ2v) is 11.1. The van der Waals surface area contributed by atoms with Gasteiger partial charge in [0.2, 0.25) is 10.0 Å². The predicted molar refractivity (Wildman–Crippen MR) is 132 cm³/mol. The summed E-state index contributed by atoms with van der Waals surface area (Å²) < 4.78 is 35.4. The molecule has 0 aliphatic carbocycles. The van der Waals surface area contributed by atoms with E-state index in [0.29, 0.717) is 25.3 Å². The number of nitrogens with zero attached hydrogens (tertiary/aromatic N) is 3. The molecule has 1 fully saturated rings. The van der Waals surface area contributed by atoms with Gasteiger partial charge in [-0.05, 0) is 62.2 Å². The van der Waals surface area contributed by atoms with E-state index < -0.39 is 16.0 Å². The lowest BCUT2D eigenvalue weighted by molar-refractivity contribution is -0.137. The molecule has 1 aromatic heterocycles. The van der Waals surface area contributed by atoms with Crippen molar-refractivity contribution in [2.75, 3.05) is 32.1 Å². The van der Waals surface area contributed by atoms with Crippen molar-refractivity contribution in [1.29, 1.82) is 0 Å². The molecule has 0 saturated carbocycles. The zero-order chi connectivity index (χ0) is 24.6. The van der Waals surface area contributed by atoms with E-state index in [1.165, 1.54) is 4.31 Å². The number of hydrogen-bond donors (Lipinski definition) is 1. The van der Waals surface area contributed by atoms with E-state index in [4.69, 9.17) is 4.74 Å². The number of benzene rings is 2. The van der Waals surface area contributed by atoms with Gasteiger partial charge in [-0.1, -0.05) is 6.07 Å². The minimum Gasteiger partial charge on any atom is -0.491 e. The number of sulfonamides is 1. The molecular weight excluding hydrogens is 454 g/mol. The van der Waals surface area contributed by atoms with Gasteiger partial charge in [0.15, 0.2) is 0 Å². The zero-order valence-electron chi connectivity index (χ0n) is 19.9. The molecule has 3 aromatic rings. The number of carboxylic acid groups (broad SMARTS) is 1. The molecule has 0 spiro atoms. The number of anilines is 1. The van der Waals surface area contributed by atoms with Crippen molar-refractivity contribution in [3.05, 3.63) is 54.2 Å². The van der Waals surface area contributed by atoms with E-state index in [-0.39, 0.29) is 23.5 Å². The first-order chi connectivity index (χ1) is 16.1. The highest BCUT2D eigenvalue weighted by Gasteiger charge is 2.34. The summed E-state index contributed by atoms with van der Waals surface area (Å²) in [6.07, 6.45) is 2.56. The van der Waals surface area contributed by atoms with Gasteiger partial charge in [-0.2, -0.15) is 4.31 Å². The highest BCUT2D eigenvalue weighted by atomic mass is 32.2. The fourth-order valence-corrected chi connectivity index (χ4v) is 6.00. The van der Waals surface area contributed by atoms with Crippen LogP contribution in [0.25, 0.3) is 10.9 Å². The average Bonchev–Trinajstić information content (AvgIpc) is 3.39. The van der Waals surface area contributed by atoms with E-state index in [9.17, 15) is 18.3 Å². The van der Waals surface area contributed by atoms with E-state index in [1.807, 2.05) is 57.2 Å². The summed E-state index contributed by atoms with van der Waals surface area (Å²) in [6, 6.07) is 12.5. The van der Waals surface area contributed by atoms with Crippen molar-refractivity contribution < 1.29 is 23.1 Å². The quantitative estimate of drug-likeness (QED) is 0.522. The summed E-state index contributed by atoms with van der Waals surface area (Å²) in [5.41, 5.74) is 2.80. The first-order valence-corrected chi connectivity index (χ1v) is 12.8. The molecule has 2 aromatic carbocycles. The number of aromatic nitrogens is 1. The van der Waals surface area contributed by atoms with Crippen LogP contribution in [-0.2, 0) is 21.4 Å². The summed E-state index contributed by atoms with van der Waals surface area (Å²) >= 11 is 0. The maximum Gasteiger partial charge on any atom is 0.323 e. The summed E-state index contributed by atoms with van der Waals surface area (Å²) in [7, 11) is 0.238. The normalized spacial score (nSPS) is 16.9. The SMILES string of the molecule is CC(C)Oc1ccc(S(=O)(=O)N2CCC(c3cn(CC(=O)O)c4cc(N(C)C)ccc34)C2)cc1. The number of hydrogen-bond acceptors (Lipinski definition) is 5. The first-order valence-electron chi connectivity index (χ1n) is 11.3. The second kappa shape index (κ2) is 9.31. The van der Waals surface area contributed by atoms with Crippen molar-refractivity contribution in [1.82, 2.24) is 8.87 Å². The third-order valence-electron chi connectivity index (χ3n) is 6.14. The Morgan fingerprint density at radius 1 is 1.18 bits per heavy atom. The lowest BCUT2D eigenvalue weighted by atomic mass is 9.98. The minimum atomic E-state index is -3.64. The van der Waals surface area contributed by atoms with Crippen LogP contribution in [0.1, 0.15) is 31.7 Å². The zero-order valence-corrected chi connectivity index (χ0v) is 20.7. The van der Waals surface area contributed by atoms with E-state index >= 15 is 0 Å². The third-order valence-corrected chi connectivity index (χ3v) is 8.02. The Labute approximate surface area is 200 Å². The molecule has 1 saturated heterocycles. The number of rotatable bonds is 8. The monoisotopic (exact) mass is 485 g/mol. The van der Waals surface area contributed by atoms with Crippen molar-refractivity contribution in [3.63, 3.8) is 0 Å². The van der Waals surface area contributed by atoms with Gasteiger partial charge in [-0.15, -0.1) is 0 Å². The lowest BCUT2D eigenvalue weighted by Gasteiger charge is -2.17. The van der Waals surface area contributed by atoms with Gasteiger partial charge in [-0.3, -0.25) is 4.79 Å². The third kappa shape index (κ3) is 4.76. The van der Waals surface area contributed by atoms with Crippen molar-refractivity contribution in [2.45, 2.75) is 43.7 Å². The fraction of sp³-hybridized carbons (Fsp3) is 0.400. The van der Waals surface area contributed by atoms with Crippen LogP contribution in [0.2, 0.25) is 0 Å². The maximum absolute atomic E-state index is 13.3. The van der Waals surface area contributed by atoms with E-state index in [0.717, 1.165) is 22.2 Å². The number of carboxylic acids is 1. The van der Waals surface area contributed by atoms with E-state index in [2.05, 4.69) is 0 Å². The maximum atomic E-state index is 13.3. The molecule has 2 heterocycles. The Balaban J connectivity index is 1.61. The highest BCUT2D eigenvalue weighted by Crippen LogP contribution is 2.37. The Morgan fingerprint density at radius 3 is 2.50 bits per heavy atom. The van der Waals surface area contributed by atoms with Gasteiger partial charge in [-0.25, -0.2) is 8.42 Å². The van der Waals surface area contributed by atoms with Crippen molar-refractivity contribution in [3.8, 4) is 5.75 Å². The molecule has 0 amide bonds. The molecule has 1 aliphatic rings. The molecule has 0 radical (unpaired) electrons. The molecule has 1 aliphatic heterocycles. The number of aliphatic carboxylic acids is 1. The molecular formula is C25H31N3O5S. The Hall–Kier alpha value is -3.04. The Bertz CT molecular complexity index is 1300. The van der Waals surface area contributed by atoms with Crippen LogP contribution in [-0.4, -0.2) is 61.7 Å². The van der Waals surface area contributed by atoms with Gasteiger partial charge in [0.1, 0.15) is 12.3 Å². The summed E-state index contributed by atoms with van der Waals surface area (Å²) in [4.78, 5) is 13.7. The molecule has 1 unspecified atom stereocenters. The van der Waals surface area contributed by atoms with Crippen molar-refractivity contribution in [2.24, 2.45) is 0 Å². The topological polar surface area (TPSA) is 92.1 Å². The first kappa shape index (κ1) is 24.1. The largest absolute Gasteiger partial charge is 0.491 e. The standard InChI is InChI=1S/C25H31N3O5S/c1-17(2)33-20-6-8-21(9-7-20)34(31,32)28-12-11-18(14-28)23-15-27(16-25(29)30)24-13-19(26(3)4)5-10-22(23)24/h5-10,13,15,17-18H,11-12,14,16H2,1-4H3,(H,29,30). The molecule has 182 valence electrons. The molecule has 1 N–H and O–H groups in total. The summed E-state index contributed by atoms with van der Waals surface area (Å²) in [6.45, 7) is 4.47. The Kier molecular flexibility index (Phi) is 6.60. The average molecular weight is 486 g/mol. The van der Waals surface area contributed by atoms with Crippen LogP contribution in [0.3, 0.4) is 0 Å². The smallest absolute Gasteiger partial charge is 0.323 e. The molecule has 4 rings (SSSR count). The van der Waals surface area contributed by atoms with Crippen LogP contribution in [0, 0.1) is 0 Å². The van der Waals surface area contributed by atoms with Gasteiger partial charge in [0.25, 0.3) is 0 Å². The lowest BCUT2D eigenvalue weighted by Crippen LogP contribution is -2.28. The van der Waals surface area contributed by atoms with Crippen LogP contribution < -0.4 is 9.64 Å². The second-order valence-electron chi connectivity index (χ2n) is 9.19. The van der Waals surface area contributed by atoms with Crippen LogP contribution in [0.4, 0.5) is 5.69 Å². The van der Waals surface area contributed by atoms with Gasteiger partial charge < -0.3 is 19.3 Å². The van der Waals surface area contributed by atoms with Crippen LogP contribution >= 0.6 is 0 Å². The fourth-order valence-electron chi connectivity index (χ4n) is 4.50. The molecule has 1 atom stereocenters. The van der Waals surface area contributed by atoms with Gasteiger partial charge >= 0.3 is 5.97 Å². The van der Waals surface area contributed by atoms with Gasteiger partial charge in [0.05, 0.1) is 16.5 Å². The van der Waals surface area contributed by atoms with Crippen LogP contribution in [0.5, 0.6) is 5.75 Å². The molecule has 34 heavy (non-hydrogen) atoms. The van der Waals surface area contributed by atoms with E-state index in [1.54, 1.807) is 28.8 Å². The summed E-state index contributed by atoms with van der Waals surface area (Å²) in [5.74, 6) is -0.295. The minimum absolute atomic E-state index is 0.0128. The molecule has 8 nitrogen and oxygen atoms in total. The number of fused-ring (bicyclic) bond motifs is 1. The molecule has 0 bridgehead atoms. The van der Waals surface area contributed by atoms with Crippen molar-refractivity contribution >= 4 is 32.6 Å². The van der Waals surface area contributed by atoms with Gasteiger partial charge in [0, 0.05) is 50.4 Å². The Morgan fingerprint density at radius 2 is 1.88 bits per heavy atom. The number of carbonyl (C=O) groups is 1. The molecule has 9 heteroatoms.